The standard InChI is InChI=1S/C16H15BrF2/c17-11-13(8-12-4-2-1-3-5-12)9-14-6-7-15(18)10-16(14)19/h1-7,10,13H,8-9,11H2. The normalized spacial score (nSPS) is 12.4. The van der Waals surface area contributed by atoms with Crippen LogP contribution >= 0.6 is 15.9 Å². The zero-order valence-electron chi connectivity index (χ0n) is 10.5. The van der Waals surface area contributed by atoms with Crippen molar-refractivity contribution < 1.29 is 8.78 Å². The molecule has 0 N–H and O–H groups in total. The Morgan fingerprint density at radius 2 is 1.68 bits per heavy atom. The minimum Gasteiger partial charge on any atom is -0.207 e. The molecule has 0 saturated carbocycles. The first-order chi connectivity index (χ1) is 9.19. The van der Waals surface area contributed by atoms with Gasteiger partial charge in [0.05, 0.1) is 0 Å². The van der Waals surface area contributed by atoms with Gasteiger partial charge in [-0.3, -0.25) is 0 Å². The number of hydrogen-bond acceptors (Lipinski definition) is 0. The van der Waals surface area contributed by atoms with E-state index in [1.807, 2.05) is 18.2 Å². The molecule has 0 fully saturated rings. The second-order valence-electron chi connectivity index (χ2n) is 4.65. The molecule has 1 unspecified atom stereocenters. The zero-order chi connectivity index (χ0) is 13.7. The number of halogens is 3. The molecular formula is C16H15BrF2. The number of benzene rings is 2. The van der Waals surface area contributed by atoms with Gasteiger partial charge in [0.25, 0.3) is 0 Å². The summed E-state index contributed by atoms with van der Waals surface area (Å²) in [6.45, 7) is 0. The van der Waals surface area contributed by atoms with Crippen molar-refractivity contribution in [2.45, 2.75) is 12.8 Å². The first-order valence-electron chi connectivity index (χ1n) is 6.23. The summed E-state index contributed by atoms with van der Waals surface area (Å²) >= 11 is 3.47. The van der Waals surface area contributed by atoms with Crippen molar-refractivity contribution in [3.8, 4) is 0 Å². The molecule has 2 aromatic rings. The maximum absolute atomic E-state index is 13.6. The van der Waals surface area contributed by atoms with Crippen LogP contribution in [0.1, 0.15) is 11.1 Å². The van der Waals surface area contributed by atoms with Gasteiger partial charge in [0.1, 0.15) is 11.6 Å². The van der Waals surface area contributed by atoms with Crippen molar-refractivity contribution in [1.29, 1.82) is 0 Å². The molecular weight excluding hydrogens is 310 g/mol. The summed E-state index contributed by atoms with van der Waals surface area (Å²) in [5.41, 5.74) is 1.80. The fourth-order valence-electron chi connectivity index (χ4n) is 2.13. The van der Waals surface area contributed by atoms with Crippen LogP contribution in [0.15, 0.2) is 48.5 Å². The van der Waals surface area contributed by atoms with Gasteiger partial charge in [0.15, 0.2) is 0 Å². The van der Waals surface area contributed by atoms with Crippen LogP contribution < -0.4 is 0 Å². The van der Waals surface area contributed by atoms with Crippen LogP contribution in [0.5, 0.6) is 0 Å². The predicted molar refractivity (Wildman–Crippen MR) is 77.5 cm³/mol. The summed E-state index contributed by atoms with van der Waals surface area (Å²) in [4.78, 5) is 0. The summed E-state index contributed by atoms with van der Waals surface area (Å²) in [6.07, 6.45) is 1.48. The Labute approximate surface area is 120 Å². The summed E-state index contributed by atoms with van der Waals surface area (Å²) in [7, 11) is 0. The minimum atomic E-state index is -0.528. The van der Waals surface area contributed by atoms with Crippen LogP contribution in [-0.4, -0.2) is 5.33 Å². The number of rotatable bonds is 5. The lowest BCUT2D eigenvalue weighted by Crippen LogP contribution is -2.11. The molecule has 2 aromatic carbocycles. The predicted octanol–water partition coefficient (Wildman–Crippen LogP) is 4.76. The summed E-state index contributed by atoms with van der Waals surface area (Å²) in [5.74, 6) is -0.693. The van der Waals surface area contributed by atoms with E-state index in [0.717, 1.165) is 17.8 Å². The molecule has 2 rings (SSSR count). The smallest absolute Gasteiger partial charge is 0.129 e. The molecule has 0 amide bonds. The first kappa shape index (κ1) is 14.2. The summed E-state index contributed by atoms with van der Waals surface area (Å²) in [5, 5.41) is 0.790. The molecule has 0 bridgehead atoms. The van der Waals surface area contributed by atoms with Crippen LogP contribution in [-0.2, 0) is 12.8 Å². The molecule has 19 heavy (non-hydrogen) atoms. The van der Waals surface area contributed by atoms with Gasteiger partial charge in [0.2, 0.25) is 0 Å². The Bertz CT molecular complexity index is 526. The summed E-state index contributed by atoms with van der Waals surface area (Å²) in [6, 6.07) is 13.9. The fraction of sp³-hybridized carbons (Fsp3) is 0.250. The van der Waals surface area contributed by atoms with Crippen molar-refractivity contribution in [3.05, 3.63) is 71.3 Å². The first-order valence-corrected chi connectivity index (χ1v) is 7.35. The molecule has 0 radical (unpaired) electrons. The highest BCUT2D eigenvalue weighted by atomic mass is 79.9. The minimum absolute atomic E-state index is 0.294. The van der Waals surface area contributed by atoms with Gasteiger partial charge in [-0.2, -0.15) is 0 Å². The molecule has 100 valence electrons. The number of alkyl halides is 1. The largest absolute Gasteiger partial charge is 0.207 e. The van der Waals surface area contributed by atoms with Crippen LogP contribution in [0, 0.1) is 17.6 Å². The Morgan fingerprint density at radius 3 is 2.32 bits per heavy atom. The van der Waals surface area contributed by atoms with Gasteiger partial charge >= 0.3 is 0 Å². The molecule has 3 heteroatoms. The zero-order valence-corrected chi connectivity index (χ0v) is 12.0. The third-order valence-corrected chi connectivity index (χ3v) is 4.02. The van der Waals surface area contributed by atoms with E-state index >= 15 is 0 Å². The van der Waals surface area contributed by atoms with E-state index in [4.69, 9.17) is 0 Å². The third kappa shape index (κ3) is 4.13. The van der Waals surface area contributed by atoms with Gasteiger partial charge in [-0.1, -0.05) is 52.3 Å². The maximum Gasteiger partial charge on any atom is 0.129 e. The Kier molecular flexibility index (Phi) is 5.08. The Morgan fingerprint density at radius 1 is 0.947 bits per heavy atom. The lowest BCUT2D eigenvalue weighted by atomic mass is 9.94. The molecule has 0 nitrogen and oxygen atoms in total. The molecule has 0 aliphatic carbocycles. The highest BCUT2D eigenvalue weighted by molar-refractivity contribution is 9.09. The van der Waals surface area contributed by atoms with Gasteiger partial charge in [-0.25, -0.2) is 8.78 Å². The van der Waals surface area contributed by atoms with Crippen LogP contribution in [0.25, 0.3) is 0 Å². The lowest BCUT2D eigenvalue weighted by Gasteiger charge is -2.14. The fourth-order valence-corrected chi connectivity index (χ4v) is 2.58. The maximum atomic E-state index is 13.6. The molecule has 0 heterocycles. The molecule has 0 aromatic heterocycles. The monoisotopic (exact) mass is 324 g/mol. The van der Waals surface area contributed by atoms with Crippen molar-refractivity contribution in [2.75, 3.05) is 5.33 Å². The van der Waals surface area contributed by atoms with Gasteiger partial charge in [-0.15, -0.1) is 0 Å². The highest BCUT2D eigenvalue weighted by Gasteiger charge is 2.12. The van der Waals surface area contributed by atoms with Crippen molar-refractivity contribution in [1.82, 2.24) is 0 Å². The Hall–Kier alpha value is -1.22. The molecule has 0 aliphatic heterocycles. The van der Waals surface area contributed by atoms with Crippen molar-refractivity contribution in [2.24, 2.45) is 5.92 Å². The number of hydrogen-bond donors (Lipinski definition) is 0. The van der Waals surface area contributed by atoms with Gasteiger partial charge in [-0.05, 0) is 36.0 Å². The Balaban J connectivity index is 2.06. The van der Waals surface area contributed by atoms with E-state index in [0.29, 0.717) is 17.9 Å². The van der Waals surface area contributed by atoms with Gasteiger partial charge < -0.3 is 0 Å². The SMILES string of the molecule is Fc1ccc(CC(CBr)Cc2ccccc2)c(F)c1. The van der Waals surface area contributed by atoms with Gasteiger partial charge in [0, 0.05) is 11.4 Å². The second kappa shape index (κ2) is 6.80. The van der Waals surface area contributed by atoms with E-state index < -0.39 is 11.6 Å². The van der Waals surface area contributed by atoms with E-state index in [-0.39, 0.29) is 0 Å². The second-order valence-corrected chi connectivity index (χ2v) is 5.30. The van der Waals surface area contributed by atoms with Crippen molar-refractivity contribution in [3.63, 3.8) is 0 Å². The highest BCUT2D eigenvalue weighted by Crippen LogP contribution is 2.19. The van der Waals surface area contributed by atoms with Crippen molar-refractivity contribution >= 4 is 15.9 Å². The topological polar surface area (TPSA) is 0 Å². The van der Waals surface area contributed by atoms with E-state index in [1.54, 1.807) is 0 Å². The molecule has 0 aliphatic rings. The van der Waals surface area contributed by atoms with Crippen LogP contribution in [0.2, 0.25) is 0 Å². The van der Waals surface area contributed by atoms with Crippen LogP contribution in [0.4, 0.5) is 8.78 Å². The molecule has 1 atom stereocenters. The molecule has 0 spiro atoms. The lowest BCUT2D eigenvalue weighted by molar-refractivity contribution is 0.537. The van der Waals surface area contributed by atoms with E-state index in [2.05, 4.69) is 28.1 Å². The van der Waals surface area contributed by atoms with E-state index in [1.165, 1.54) is 17.7 Å². The quantitative estimate of drug-likeness (QED) is 0.695. The van der Waals surface area contributed by atoms with Crippen LogP contribution in [0.3, 0.4) is 0 Å². The average Bonchev–Trinajstić information content (AvgIpc) is 2.42. The third-order valence-electron chi connectivity index (χ3n) is 3.11. The summed E-state index contributed by atoms with van der Waals surface area (Å²) < 4.78 is 26.5. The molecule has 0 saturated heterocycles. The van der Waals surface area contributed by atoms with E-state index in [9.17, 15) is 8.78 Å². The average molecular weight is 325 g/mol.